The first-order chi connectivity index (χ1) is 8.72. The number of nitrogens with zero attached hydrogens (tertiary/aromatic N) is 1. The van der Waals surface area contributed by atoms with Gasteiger partial charge in [-0.05, 0) is 61.9 Å². The summed E-state index contributed by atoms with van der Waals surface area (Å²) in [6.07, 6.45) is 7.25. The second-order valence-corrected chi connectivity index (χ2v) is 5.96. The Morgan fingerprint density at radius 3 is 2.94 bits per heavy atom. The Labute approximate surface area is 113 Å². The summed E-state index contributed by atoms with van der Waals surface area (Å²) in [7, 11) is 0. The minimum Gasteiger partial charge on any atom is -0.359 e. The van der Waals surface area contributed by atoms with Crippen LogP contribution in [0, 0.1) is 18.8 Å². The zero-order valence-electron chi connectivity index (χ0n) is 10.6. The molecule has 2 bridgehead atoms. The van der Waals surface area contributed by atoms with Crippen molar-refractivity contribution in [3.8, 4) is 0 Å². The van der Waals surface area contributed by atoms with E-state index in [4.69, 9.17) is 12.2 Å². The van der Waals surface area contributed by atoms with Crippen LogP contribution in [0.2, 0.25) is 0 Å². The fourth-order valence-corrected chi connectivity index (χ4v) is 3.60. The molecule has 3 rings (SSSR count). The number of anilines is 1. The van der Waals surface area contributed by atoms with E-state index in [-0.39, 0.29) is 0 Å². The van der Waals surface area contributed by atoms with Gasteiger partial charge in [-0.2, -0.15) is 0 Å². The molecule has 0 aliphatic heterocycles. The first-order valence-electron chi connectivity index (χ1n) is 6.71. The molecule has 1 aromatic rings. The predicted molar refractivity (Wildman–Crippen MR) is 77.6 cm³/mol. The first kappa shape index (κ1) is 11.9. The average Bonchev–Trinajstić information content (AvgIpc) is 2.94. The van der Waals surface area contributed by atoms with Gasteiger partial charge in [0.2, 0.25) is 0 Å². The molecule has 0 saturated heterocycles. The molecule has 2 aliphatic rings. The monoisotopic (exact) mass is 261 g/mol. The summed E-state index contributed by atoms with van der Waals surface area (Å²) in [6, 6.07) is 4.55. The summed E-state index contributed by atoms with van der Waals surface area (Å²) in [4.78, 5) is 4.30. The molecular formula is C14H19N3S. The van der Waals surface area contributed by atoms with Gasteiger partial charge in [0.25, 0.3) is 0 Å². The molecule has 3 atom stereocenters. The van der Waals surface area contributed by atoms with Gasteiger partial charge < -0.3 is 10.6 Å². The maximum Gasteiger partial charge on any atom is 0.172 e. The molecule has 96 valence electrons. The van der Waals surface area contributed by atoms with E-state index in [0.717, 1.165) is 23.2 Å². The van der Waals surface area contributed by atoms with Crippen molar-refractivity contribution in [3.05, 3.63) is 23.9 Å². The largest absolute Gasteiger partial charge is 0.359 e. The number of hydrogen-bond donors (Lipinski definition) is 2. The summed E-state index contributed by atoms with van der Waals surface area (Å²) in [5, 5.41) is 7.39. The Morgan fingerprint density at radius 2 is 2.28 bits per heavy atom. The third-order valence-corrected chi connectivity index (χ3v) is 4.52. The Balaban J connectivity index is 1.58. The summed E-state index contributed by atoms with van der Waals surface area (Å²) in [6.45, 7) is 2.04. The zero-order valence-corrected chi connectivity index (χ0v) is 11.5. The highest BCUT2D eigenvalue weighted by atomic mass is 32.1. The van der Waals surface area contributed by atoms with Crippen LogP contribution in [-0.2, 0) is 0 Å². The lowest BCUT2D eigenvalue weighted by Gasteiger charge is -2.24. The highest BCUT2D eigenvalue weighted by molar-refractivity contribution is 7.80. The molecule has 0 spiro atoms. The van der Waals surface area contributed by atoms with Crippen LogP contribution in [0.1, 0.15) is 31.2 Å². The molecular weight excluding hydrogens is 242 g/mol. The lowest BCUT2D eigenvalue weighted by molar-refractivity contribution is 0.392. The summed E-state index contributed by atoms with van der Waals surface area (Å²) in [5.74, 6) is 2.63. The van der Waals surface area contributed by atoms with Crippen molar-refractivity contribution >= 4 is 23.1 Å². The van der Waals surface area contributed by atoms with Gasteiger partial charge in [-0.15, -0.1) is 0 Å². The normalized spacial score (nSPS) is 29.3. The molecule has 2 fully saturated rings. The molecule has 3 nitrogen and oxygen atoms in total. The van der Waals surface area contributed by atoms with E-state index in [0.29, 0.717) is 11.2 Å². The predicted octanol–water partition coefficient (Wildman–Crippen LogP) is 2.87. The van der Waals surface area contributed by atoms with Crippen molar-refractivity contribution in [2.24, 2.45) is 11.8 Å². The van der Waals surface area contributed by atoms with Crippen molar-refractivity contribution in [1.82, 2.24) is 10.3 Å². The van der Waals surface area contributed by atoms with Gasteiger partial charge in [-0.25, -0.2) is 4.98 Å². The van der Waals surface area contributed by atoms with Crippen molar-refractivity contribution in [2.45, 2.75) is 38.6 Å². The van der Waals surface area contributed by atoms with E-state index in [1.54, 1.807) is 6.20 Å². The number of thiocarbonyl (C=S) groups is 1. The van der Waals surface area contributed by atoms with Gasteiger partial charge in [0, 0.05) is 12.2 Å². The summed E-state index contributed by atoms with van der Waals surface area (Å²) in [5.41, 5.74) is 1.12. The van der Waals surface area contributed by atoms with E-state index >= 15 is 0 Å². The van der Waals surface area contributed by atoms with E-state index in [1.165, 1.54) is 25.7 Å². The van der Waals surface area contributed by atoms with Crippen LogP contribution in [0.15, 0.2) is 18.3 Å². The van der Waals surface area contributed by atoms with Gasteiger partial charge in [0.15, 0.2) is 5.11 Å². The van der Waals surface area contributed by atoms with E-state index in [9.17, 15) is 0 Å². The summed E-state index contributed by atoms with van der Waals surface area (Å²) >= 11 is 5.39. The van der Waals surface area contributed by atoms with Crippen LogP contribution < -0.4 is 10.6 Å². The second kappa shape index (κ2) is 4.84. The molecule has 0 amide bonds. The topological polar surface area (TPSA) is 37.0 Å². The van der Waals surface area contributed by atoms with Gasteiger partial charge in [-0.1, -0.05) is 12.5 Å². The number of pyridine rings is 1. The molecule has 2 aliphatic carbocycles. The van der Waals surface area contributed by atoms with Crippen LogP contribution in [-0.4, -0.2) is 16.1 Å². The van der Waals surface area contributed by atoms with Gasteiger partial charge in [0.1, 0.15) is 5.82 Å². The molecule has 1 aromatic heterocycles. The standard InChI is InChI=1S/C14H19N3S/c1-9-3-2-6-15-13(9)17-14(18)16-12-8-10-4-5-11(12)7-10/h2-3,6,10-12H,4-5,7-8H2,1H3,(H2,15,16,17,18)/t10-,11-,12+/m1/s1. The molecule has 4 heteroatoms. The van der Waals surface area contributed by atoms with Crippen molar-refractivity contribution in [3.63, 3.8) is 0 Å². The molecule has 2 saturated carbocycles. The molecule has 18 heavy (non-hydrogen) atoms. The van der Waals surface area contributed by atoms with Crippen LogP contribution in [0.5, 0.6) is 0 Å². The van der Waals surface area contributed by atoms with Crippen LogP contribution in [0.25, 0.3) is 0 Å². The fraction of sp³-hybridized carbons (Fsp3) is 0.571. The Hall–Kier alpha value is -1.16. The SMILES string of the molecule is Cc1cccnc1NC(=S)N[C@H]1C[C@@H]2CC[C@@H]1C2. The minimum absolute atomic E-state index is 0.577. The molecule has 0 radical (unpaired) electrons. The van der Waals surface area contributed by atoms with E-state index in [1.807, 2.05) is 19.1 Å². The Kier molecular flexibility index (Phi) is 3.20. The van der Waals surface area contributed by atoms with Crippen molar-refractivity contribution in [1.29, 1.82) is 0 Å². The number of hydrogen-bond acceptors (Lipinski definition) is 2. The van der Waals surface area contributed by atoms with Crippen LogP contribution in [0.4, 0.5) is 5.82 Å². The quantitative estimate of drug-likeness (QED) is 0.803. The smallest absolute Gasteiger partial charge is 0.172 e. The number of fused-ring (bicyclic) bond motifs is 2. The zero-order chi connectivity index (χ0) is 12.5. The minimum atomic E-state index is 0.577. The number of aryl methyl sites for hydroxylation is 1. The molecule has 1 heterocycles. The third kappa shape index (κ3) is 2.34. The Morgan fingerprint density at radius 1 is 1.39 bits per heavy atom. The maximum atomic E-state index is 5.39. The number of nitrogens with one attached hydrogen (secondary N) is 2. The lowest BCUT2D eigenvalue weighted by atomic mass is 9.96. The lowest BCUT2D eigenvalue weighted by Crippen LogP contribution is -2.41. The number of aromatic nitrogens is 1. The number of rotatable bonds is 2. The van der Waals surface area contributed by atoms with Gasteiger partial charge in [0.05, 0.1) is 0 Å². The van der Waals surface area contributed by atoms with E-state index in [2.05, 4.69) is 15.6 Å². The Bertz CT molecular complexity index is 460. The molecule has 2 N–H and O–H groups in total. The highest BCUT2D eigenvalue weighted by Crippen LogP contribution is 2.44. The van der Waals surface area contributed by atoms with Crippen LogP contribution in [0.3, 0.4) is 0 Å². The maximum absolute atomic E-state index is 5.39. The van der Waals surface area contributed by atoms with Crippen LogP contribution >= 0.6 is 12.2 Å². The first-order valence-corrected chi connectivity index (χ1v) is 7.12. The van der Waals surface area contributed by atoms with Crippen molar-refractivity contribution < 1.29 is 0 Å². The van der Waals surface area contributed by atoms with Gasteiger partial charge >= 0.3 is 0 Å². The van der Waals surface area contributed by atoms with E-state index < -0.39 is 0 Å². The second-order valence-electron chi connectivity index (χ2n) is 5.55. The molecule has 0 aromatic carbocycles. The highest BCUT2D eigenvalue weighted by Gasteiger charge is 2.39. The molecule has 0 unspecified atom stereocenters. The van der Waals surface area contributed by atoms with Crippen molar-refractivity contribution in [2.75, 3.05) is 5.32 Å². The summed E-state index contributed by atoms with van der Waals surface area (Å²) < 4.78 is 0. The third-order valence-electron chi connectivity index (χ3n) is 4.30. The fourth-order valence-electron chi connectivity index (χ4n) is 3.35. The van der Waals surface area contributed by atoms with Gasteiger partial charge in [-0.3, -0.25) is 0 Å². The average molecular weight is 261 g/mol.